The molecule has 0 aliphatic heterocycles. The average molecular weight is 291 g/mol. The summed E-state index contributed by atoms with van der Waals surface area (Å²) in [6.45, 7) is 6.97. The van der Waals surface area contributed by atoms with Crippen molar-refractivity contribution in [1.82, 2.24) is 5.32 Å². The van der Waals surface area contributed by atoms with Gasteiger partial charge in [0.05, 0.1) is 12.7 Å². The molecule has 0 amide bonds. The molecule has 0 atom stereocenters. The molecule has 1 aliphatic carbocycles. The van der Waals surface area contributed by atoms with Gasteiger partial charge in [-0.1, -0.05) is 19.9 Å². The molecule has 1 N–H and O–H groups in total. The van der Waals surface area contributed by atoms with Gasteiger partial charge < -0.3 is 14.8 Å². The minimum absolute atomic E-state index is 0.386. The van der Waals surface area contributed by atoms with Gasteiger partial charge in [-0.05, 0) is 51.1 Å². The van der Waals surface area contributed by atoms with Crippen LogP contribution in [0.4, 0.5) is 0 Å². The molecule has 1 aromatic rings. The molecule has 0 radical (unpaired) electrons. The minimum Gasteiger partial charge on any atom is -0.493 e. The van der Waals surface area contributed by atoms with Crippen LogP contribution in [0.15, 0.2) is 18.2 Å². The summed E-state index contributed by atoms with van der Waals surface area (Å²) in [5.41, 5.74) is 1.24. The third-order valence-corrected chi connectivity index (χ3v) is 3.85. The van der Waals surface area contributed by atoms with Gasteiger partial charge in [0.2, 0.25) is 0 Å². The smallest absolute Gasteiger partial charge is 0.127 e. The lowest BCUT2D eigenvalue weighted by molar-refractivity contribution is 0.206. The molecule has 0 bridgehead atoms. The van der Waals surface area contributed by atoms with E-state index in [1.54, 1.807) is 0 Å². The largest absolute Gasteiger partial charge is 0.493 e. The summed E-state index contributed by atoms with van der Waals surface area (Å²) in [7, 11) is 0. The molecular weight excluding hydrogens is 262 g/mol. The fraction of sp³-hybridized carbons (Fsp3) is 0.667. The second-order valence-electron chi connectivity index (χ2n) is 5.82. The van der Waals surface area contributed by atoms with Crippen molar-refractivity contribution in [2.75, 3.05) is 13.2 Å². The Balaban J connectivity index is 2.05. The van der Waals surface area contributed by atoms with Crippen LogP contribution < -0.4 is 14.8 Å². The van der Waals surface area contributed by atoms with Gasteiger partial charge in [-0.2, -0.15) is 0 Å². The highest BCUT2D eigenvalue weighted by Crippen LogP contribution is 2.30. The van der Waals surface area contributed by atoms with Crippen LogP contribution in [-0.4, -0.2) is 19.3 Å². The van der Waals surface area contributed by atoms with E-state index in [-0.39, 0.29) is 0 Å². The normalized spacial score (nSPS) is 15.3. The number of hydrogen-bond acceptors (Lipinski definition) is 3. The minimum atomic E-state index is 0.386. The molecule has 1 aliphatic rings. The molecule has 3 nitrogen and oxygen atoms in total. The van der Waals surface area contributed by atoms with Crippen molar-refractivity contribution in [3.05, 3.63) is 23.8 Å². The molecule has 1 fully saturated rings. The SMILES string of the molecule is CCCNCc1ccc(OCCC)cc1OC1CCCC1. The van der Waals surface area contributed by atoms with Gasteiger partial charge in [0.15, 0.2) is 0 Å². The lowest BCUT2D eigenvalue weighted by Gasteiger charge is -2.18. The second-order valence-corrected chi connectivity index (χ2v) is 5.82. The Bertz CT molecular complexity index is 414. The van der Waals surface area contributed by atoms with Crippen molar-refractivity contribution in [1.29, 1.82) is 0 Å². The Morgan fingerprint density at radius 3 is 2.67 bits per heavy atom. The number of benzene rings is 1. The second kappa shape index (κ2) is 8.93. The van der Waals surface area contributed by atoms with Gasteiger partial charge in [0, 0.05) is 18.2 Å². The third kappa shape index (κ3) is 5.24. The van der Waals surface area contributed by atoms with Crippen LogP contribution in [0, 0.1) is 0 Å². The van der Waals surface area contributed by atoms with Gasteiger partial charge >= 0.3 is 0 Å². The van der Waals surface area contributed by atoms with E-state index in [0.717, 1.165) is 44.0 Å². The van der Waals surface area contributed by atoms with E-state index in [4.69, 9.17) is 9.47 Å². The van der Waals surface area contributed by atoms with E-state index in [1.807, 2.05) is 0 Å². The van der Waals surface area contributed by atoms with E-state index >= 15 is 0 Å². The van der Waals surface area contributed by atoms with Crippen molar-refractivity contribution in [3.63, 3.8) is 0 Å². The first-order valence-electron chi connectivity index (χ1n) is 8.46. The first-order chi connectivity index (χ1) is 10.3. The van der Waals surface area contributed by atoms with Gasteiger partial charge in [0.1, 0.15) is 11.5 Å². The summed E-state index contributed by atoms with van der Waals surface area (Å²) in [6, 6.07) is 6.26. The maximum Gasteiger partial charge on any atom is 0.127 e. The quantitative estimate of drug-likeness (QED) is 0.688. The Labute approximate surface area is 129 Å². The number of ether oxygens (including phenoxy) is 2. The molecular formula is C18H29NO2. The molecule has 2 rings (SSSR count). The van der Waals surface area contributed by atoms with Crippen molar-refractivity contribution in [3.8, 4) is 11.5 Å². The van der Waals surface area contributed by atoms with E-state index in [1.165, 1.54) is 31.2 Å². The standard InChI is InChI=1S/C18H29NO2/c1-3-11-19-14-15-9-10-17(20-12-4-2)13-18(15)21-16-7-5-6-8-16/h9-10,13,16,19H,3-8,11-12,14H2,1-2H3. The van der Waals surface area contributed by atoms with E-state index in [9.17, 15) is 0 Å². The Morgan fingerprint density at radius 1 is 1.14 bits per heavy atom. The van der Waals surface area contributed by atoms with E-state index < -0.39 is 0 Å². The highest BCUT2D eigenvalue weighted by atomic mass is 16.5. The maximum absolute atomic E-state index is 6.24. The van der Waals surface area contributed by atoms with Gasteiger partial charge in [-0.15, -0.1) is 0 Å². The van der Waals surface area contributed by atoms with Crippen LogP contribution in [0.2, 0.25) is 0 Å². The zero-order valence-corrected chi connectivity index (χ0v) is 13.5. The monoisotopic (exact) mass is 291 g/mol. The predicted molar refractivity (Wildman–Crippen MR) is 87.1 cm³/mol. The molecule has 1 aromatic carbocycles. The van der Waals surface area contributed by atoms with Crippen LogP contribution in [0.5, 0.6) is 11.5 Å². The maximum atomic E-state index is 6.24. The summed E-state index contributed by atoms with van der Waals surface area (Å²) >= 11 is 0. The lowest BCUT2D eigenvalue weighted by atomic mass is 10.1. The first-order valence-corrected chi connectivity index (χ1v) is 8.46. The number of rotatable bonds is 9. The molecule has 21 heavy (non-hydrogen) atoms. The molecule has 3 heteroatoms. The third-order valence-electron chi connectivity index (χ3n) is 3.85. The topological polar surface area (TPSA) is 30.5 Å². The summed E-state index contributed by atoms with van der Waals surface area (Å²) in [5.74, 6) is 1.92. The number of nitrogens with one attached hydrogen (secondary N) is 1. The molecule has 0 aromatic heterocycles. The lowest BCUT2D eigenvalue weighted by Crippen LogP contribution is -2.17. The van der Waals surface area contributed by atoms with Crippen molar-refractivity contribution < 1.29 is 9.47 Å². The van der Waals surface area contributed by atoms with Crippen LogP contribution in [-0.2, 0) is 6.54 Å². The summed E-state index contributed by atoms with van der Waals surface area (Å²) in [4.78, 5) is 0. The molecule has 1 saturated carbocycles. The number of hydrogen-bond donors (Lipinski definition) is 1. The van der Waals surface area contributed by atoms with E-state index in [2.05, 4.69) is 37.4 Å². The summed E-state index contributed by atoms with van der Waals surface area (Å²) in [6.07, 6.45) is 7.51. The summed E-state index contributed by atoms with van der Waals surface area (Å²) < 4.78 is 12.0. The van der Waals surface area contributed by atoms with Crippen molar-refractivity contribution in [2.45, 2.75) is 65.0 Å². The molecule has 0 spiro atoms. The zero-order valence-electron chi connectivity index (χ0n) is 13.5. The Kier molecular flexibility index (Phi) is 6.87. The molecule has 0 unspecified atom stereocenters. The highest BCUT2D eigenvalue weighted by Gasteiger charge is 2.18. The fourth-order valence-electron chi connectivity index (χ4n) is 2.69. The predicted octanol–water partition coefficient (Wildman–Crippen LogP) is 4.30. The molecule has 0 heterocycles. The molecule has 0 saturated heterocycles. The van der Waals surface area contributed by atoms with Crippen LogP contribution in [0.3, 0.4) is 0 Å². The molecule has 118 valence electrons. The van der Waals surface area contributed by atoms with Crippen LogP contribution in [0.25, 0.3) is 0 Å². The highest BCUT2D eigenvalue weighted by molar-refractivity contribution is 5.41. The van der Waals surface area contributed by atoms with Gasteiger partial charge in [-0.3, -0.25) is 0 Å². The Morgan fingerprint density at radius 2 is 1.95 bits per heavy atom. The van der Waals surface area contributed by atoms with Gasteiger partial charge in [-0.25, -0.2) is 0 Å². The van der Waals surface area contributed by atoms with Gasteiger partial charge in [0.25, 0.3) is 0 Å². The van der Waals surface area contributed by atoms with Crippen LogP contribution in [0.1, 0.15) is 57.9 Å². The average Bonchev–Trinajstić information content (AvgIpc) is 3.00. The first kappa shape index (κ1) is 16.2. The fourth-order valence-corrected chi connectivity index (χ4v) is 2.69. The van der Waals surface area contributed by atoms with Crippen molar-refractivity contribution >= 4 is 0 Å². The zero-order chi connectivity index (χ0) is 14.9. The Hall–Kier alpha value is -1.22. The van der Waals surface area contributed by atoms with E-state index in [0.29, 0.717) is 6.10 Å². The van der Waals surface area contributed by atoms with Crippen LogP contribution >= 0.6 is 0 Å². The van der Waals surface area contributed by atoms with Crippen molar-refractivity contribution in [2.24, 2.45) is 0 Å². The summed E-state index contributed by atoms with van der Waals surface area (Å²) in [5, 5.41) is 3.46.